The Morgan fingerprint density at radius 1 is 1.03 bits per heavy atom. The van der Waals surface area contributed by atoms with Gasteiger partial charge in [0.05, 0.1) is 18.8 Å². The molecule has 0 N–H and O–H groups in total. The third-order valence-corrected chi connectivity index (χ3v) is 5.98. The van der Waals surface area contributed by atoms with Crippen LogP contribution in [0, 0.1) is 0 Å². The zero-order valence-electron chi connectivity index (χ0n) is 16.2. The number of hydrogen-bond donors (Lipinski definition) is 0. The van der Waals surface area contributed by atoms with E-state index in [0.29, 0.717) is 0 Å². The van der Waals surface area contributed by atoms with E-state index in [1.54, 1.807) is 12.0 Å². The van der Waals surface area contributed by atoms with Gasteiger partial charge in [-0.25, -0.2) is 4.79 Å². The highest BCUT2D eigenvalue weighted by atomic mass is 79.9. The lowest BCUT2D eigenvalue weighted by Crippen LogP contribution is -2.39. The molecule has 4 rings (SSSR count). The summed E-state index contributed by atoms with van der Waals surface area (Å²) in [7, 11) is 1.66. The van der Waals surface area contributed by atoms with Crippen LogP contribution in [-0.4, -0.2) is 13.2 Å². The van der Waals surface area contributed by atoms with Crippen LogP contribution in [0.4, 0.5) is 10.5 Å². The van der Waals surface area contributed by atoms with E-state index in [4.69, 9.17) is 9.47 Å². The van der Waals surface area contributed by atoms with Crippen molar-refractivity contribution >= 4 is 27.7 Å². The summed E-state index contributed by atoms with van der Waals surface area (Å²) in [6, 6.07) is 23.4. The van der Waals surface area contributed by atoms with Crippen LogP contribution in [0.15, 0.2) is 77.3 Å². The number of carbonyl (C=O) groups excluding carboxylic acids is 1. The molecule has 29 heavy (non-hydrogen) atoms. The summed E-state index contributed by atoms with van der Waals surface area (Å²) in [6.45, 7) is 0.234. The molecule has 1 aliphatic rings. The van der Waals surface area contributed by atoms with E-state index in [1.807, 2.05) is 72.8 Å². The highest BCUT2D eigenvalue weighted by molar-refractivity contribution is 9.10. The first kappa shape index (κ1) is 19.5. The Hall–Kier alpha value is -2.79. The van der Waals surface area contributed by atoms with E-state index in [9.17, 15) is 4.79 Å². The summed E-state index contributed by atoms with van der Waals surface area (Å²) >= 11 is 3.64. The molecule has 0 aliphatic carbocycles. The summed E-state index contributed by atoms with van der Waals surface area (Å²) in [5, 5.41) is 0. The minimum Gasteiger partial charge on any atom is -0.496 e. The second kappa shape index (κ2) is 8.70. The van der Waals surface area contributed by atoms with Gasteiger partial charge in [-0.1, -0.05) is 70.5 Å². The molecule has 4 nitrogen and oxygen atoms in total. The fraction of sp³-hybridized carbons (Fsp3) is 0.208. The summed E-state index contributed by atoms with van der Waals surface area (Å²) in [6.07, 6.45) is 1.29. The molecule has 0 bridgehead atoms. The average molecular weight is 452 g/mol. The Labute approximate surface area is 179 Å². The fourth-order valence-corrected chi connectivity index (χ4v) is 4.40. The largest absolute Gasteiger partial charge is 0.496 e. The highest BCUT2D eigenvalue weighted by Crippen LogP contribution is 2.43. The minimum absolute atomic E-state index is 0.156. The molecule has 1 amide bonds. The fourth-order valence-electron chi connectivity index (χ4n) is 3.85. The van der Waals surface area contributed by atoms with Crippen LogP contribution in [0.25, 0.3) is 0 Å². The molecule has 1 aliphatic heterocycles. The number of ether oxygens (including phenoxy) is 2. The number of amides is 1. The molecule has 0 saturated heterocycles. The van der Waals surface area contributed by atoms with Crippen LogP contribution in [0.2, 0.25) is 0 Å². The van der Waals surface area contributed by atoms with Crippen molar-refractivity contribution in [2.45, 2.75) is 25.5 Å². The van der Waals surface area contributed by atoms with Gasteiger partial charge in [0.1, 0.15) is 12.4 Å². The number of rotatable bonds is 4. The molecule has 1 heterocycles. The van der Waals surface area contributed by atoms with Crippen molar-refractivity contribution in [3.05, 3.63) is 94.0 Å². The maximum absolute atomic E-state index is 13.3. The summed E-state index contributed by atoms with van der Waals surface area (Å²) < 4.78 is 12.3. The lowest BCUT2D eigenvalue weighted by atomic mass is 9.91. The number of carbonyl (C=O) groups is 1. The molecule has 0 spiro atoms. The first-order valence-corrected chi connectivity index (χ1v) is 10.4. The number of hydrogen-bond acceptors (Lipinski definition) is 3. The van der Waals surface area contributed by atoms with Crippen molar-refractivity contribution in [1.82, 2.24) is 0 Å². The monoisotopic (exact) mass is 451 g/mol. The van der Waals surface area contributed by atoms with Gasteiger partial charge < -0.3 is 9.47 Å². The number of anilines is 1. The minimum atomic E-state index is -0.358. The smallest absolute Gasteiger partial charge is 0.415 e. The third-order valence-electron chi connectivity index (χ3n) is 5.23. The van der Waals surface area contributed by atoms with Crippen molar-refractivity contribution in [2.75, 3.05) is 12.0 Å². The molecule has 0 saturated carbocycles. The van der Waals surface area contributed by atoms with Crippen LogP contribution in [0.3, 0.4) is 0 Å². The highest BCUT2D eigenvalue weighted by Gasteiger charge is 2.35. The van der Waals surface area contributed by atoms with Gasteiger partial charge in [-0.15, -0.1) is 0 Å². The second-order valence-electron chi connectivity index (χ2n) is 6.94. The quantitative estimate of drug-likeness (QED) is 0.467. The Morgan fingerprint density at radius 2 is 1.79 bits per heavy atom. The molecule has 1 unspecified atom stereocenters. The van der Waals surface area contributed by atoms with E-state index in [1.165, 1.54) is 0 Å². The Bertz CT molecular complexity index is 1010. The number of benzene rings is 3. The predicted molar refractivity (Wildman–Crippen MR) is 117 cm³/mol. The lowest BCUT2D eigenvalue weighted by molar-refractivity contribution is 0.143. The van der Waals surface area contributed by atoms with Crippen LogP contribution in [0.5, 0.6) is 5.75 Å². The maximum atomic E-state index is 13.3. The zero-order chi connectivity index (χ0) is 20.2. The Morgan fingerprint density at radius 3 is 2.59 bits per heavy atom. The van der Waals surface area contributed by atoms with E-state index in [0.717, 1.165) is 45.4 Å². The number of halogens is 1. The van der Waals surface area contributed by atoms with E-state index >= 15 is 0 Å². The molecule has 3 aromatic carbocycles. The SMILES string of the molecule is COc1ccccc1C1CCc2c(Br)cccc2N1C(=O)OCc1ccccc1. The molecule has 0 aromatic heterocycles. The Kier molecular flexibility index (Phi) is 5.86. The molecule has 0 radical (unpaired) electrons. The van der Waals surface area contributed by atoms with Crippen molar-refractivity contribution in [1.29, 1.82) is 0 Å². The van der Waals surface area contributed by atoms with E-state index in [2.05, 4.69) is 15.9 Å². The molecular weight excluding hydrogens is 430 g/mol. The topological polar surface area (TPSA) is 38.8 Å². The number of fused-ring (bicyclic) bond motifs is 1. The predicted octanol–water partition coefficient (Wildman–Crippen LogP) is 6.29. The molecule has 5 heteroatoms. The normalized spacial score (nSPS) is 15.5. The van der Waals surface area contributed by atoms with Crippen LogP contribution in [0.1, 0.15) is 29.2 Å². The summed E-state index contributed by atoms with van der Waals surface area (Å²) in [4.78, 5) is 15.0. The standard InChI is InChI=1S/C24H22BrNO3/c1-28-23-13-6-5-10-19(23)22-15-14-18-20(25)11-7-12-21(18)26(22)24(27)29-16-17-8-3-2-4-9-17/h2-13,22H,14-16H2,1H3. The zero-order valence-corrected chi connectivity index (χ0v) is 17.8. The first-order chi connectivity index (χ1) is 14.2. The van der Waals surface area contributed by atoms with Gasteiger partial charge in [0.25, 0.3) is 0 Å². The van der Waals surface area contributed by atoms with Gasteiger partial charge in [0.15, 0.2) is 0 Å². The van der Waals surface area contributed by atoms with Gasteiger partial charge in [0.2, 0.25) is 0 Å². The van der Waals surface area contributed by atoms with E-state index in [-0.39, 0.29) is 18.7 Å². The second-order valence-corrected chi connectivity index (χ2v) is 7.80. The van der Waals surface area contributed by atoms with Crippen LogP contribution in [-0.2, 0) is 17.8 Å². The Balaban J connectivity index is 1.70. The van der Waals surface area contributed by atoms with E-state index < -0.39 is 0 Å². The third kappa shape index (κ3) is 4.01. The van der Waals surface area contributed by atoms with Gasteiger partial charge in [-0.05, 0) is 42.2 Å². The van der Waals surface area contributed by atoms with Gasteiger partial charge in [-0.3, -0.25) is 4.90 Å². The summed E-state index contributed by atoms with van der Waals surface area (Å²) in [5.74, 6) is 0.775. The molecule has 148 valence electrons. The van der Waals surface area contributed by atoms with Crippen molar-refractivity contribution in [3.63, 3.8) is 0 Å². The average Bonchev–Trinajstić information content (AvgIpc) is 2.77. The van der Waals surface area contributed by atoms with Crippen molar-refractivity contribution in [3.8, 4) is 5.75 Å². The van der Waals surface area contributed by atoms with Crippen molar-refractivity contribution < 1.29 is 14.3 Å². The molecular formula is C24H22BrNO3. The van der Waals surface area contributed by atoms with Gasteiger partial charge in [-0.2, -0.15) is 0 Å². The number of para-hydroxylation sites is 1. The van der Waals surface area contributed by atoms with Crippen LogP contribution >= 0.6 is 15.9 Å². The maximum Gasteiger partial charge on any atom is 0.415 e. The lowest BCUT2D eigenvalue weighted by Gasteiger charge is -2.37. The molecule has 3 aromatic rings. The van der Waals surface area contributed by atoms with Gasteiger partial charge >= 0.3 is 6.09 Å². The van der Waals surface area contributed by atoms with Crippen LogP contribution < -0.4 is 9.64 Å². The molecule has 1 atom stereocenters. The van der Waals surface area contributed by atoms with Crippen molar-refractivity contribution in [2.24, 2.45) is 0 Å². The summed E-state index contributed by atoms with van der Waals surface area (Å²) in [5.41, 5.74) is 3.94. The molecule has 0 fully saturated rings. The van der Waals surface area contributed by atoms with Gasteiger partial charge in [0, 0.05) is 10.0 Å². The first-order valence-electron chi connectivity index (χ1n) is 9.59. The number of methoxy groups -OCH3 is 1. The number of nitrogens with zero attached hydrogens (tertiary/aromatic N) is 1.